The van der Waals surface area contributed by atoms with Gasteiger partial charge in [0.1, 0.15) is 11.9 Å². The fourth-order valence-corrected chi connectivity index (χ4v) is 2.78. The molecule has 3 rings (SSSR count). The van der Waals surface area contributed by atoms with Gasteiger partial charge in [-0.05, 0) is 0 Å². The molecule has 2 aliphatic heterocycles. The molecule has 0 aromatic heterocycles. The van der Waals surface area contributed by atoms with E-state index in [1.807, 2.05) is 0 Å². The zero-order valence-corrected chi connectivity index (χ0v) is 9.57. The summed E-state index contributed by atoms with van der Waals surface area (Å²) in [6, 6.07) is 0.0454. The second kappa shape index (κ2) is 3.47. The van der Waals surface area contributed by atoms with Gasteiger partial charge in [-0.25, -0.2) is 0 Å². The smallest absolute Gasteiger partial charge is 0.251 e. The second-order valence-corrected chi connectivity index (χ2v) is 4.66. The highest BCUT2D eigenvalue weighted by Gasteiger charge is 2.56. The summed E-state index contributed by atoms with van der Waals surface area (Å²) in [6.45, 7) is 7.44. The maximum Gasteiger partial charge on any atom is 0.251 e. The van der Waals surface area contributed by atoms with E-state index in [1.165, 1.54) is 0 Å². The molecule has 2 unspecified atom stereocenters. The Balaban J connectivity index is 1.93. The van der Waals surface area contributed by atoms with Crippen molar-refractivity contribution < 1.29 is 14.3 Å². The Kier molecular flexibility index (Phi) is 2.16. The van der Waals surface area contributed by atoms with Crippen LogP contribution in [-0.2, 0) is 14.3 Å². The summed E-state index contributed by atoms with van der Waals surface area (Å²) in [5.41, 5.74) is 0.745. The minimum absolute atomic E-state index is 0.0159. The molecule has 2 bridgehead atoms. The third kappa shape index (κ3) is 1.37. The first-order chi connectivity index (χ1) is 8.19. The lowest BCUT2D eigenvalue weighted by Crippen LogP contribution is -2.40. The molecule has 90 valence electrons. The topological polar surface area (TPSA) is 47.6 Å². The Hall–Kier alpha value is -1.55. The zero-order chi connectivity index (χ0) is 12.0. The van der Waals surface area contributed by atoms with Crippen molar-refractivity contribution in [1.82, 2.24) is 5.32 Å². The summed E-state index contributed by atoms with van der Waals surface area (Å²) in [4.78, 5) is 11.6. The summed E-state index contributed by atoms with van der Waals surface area (Å²) >= 11 is 0. The first-order valence-corrected chi connectivity index (χ1v) is 5.81. The number of hydrogen-bond donors (Lipinski definition) is 1. The van der Waals surface area contributed by atoms with Crippen LogP contribution in [0.25, 0.3) is 0 Å². The van der Waals surface area contributed by atoms with E-state index >= 15 is 0 Å². The molecule has 0 saturated carbocycles. The standard InChI is InChI=1S/C13H15NO3/c1-3-5-13(6-4-2)16-10-8-7-9(11(10)17-13)14-12(8)15/h3-4,9,11H,1-2,5-7H2,(H,14,15). The van der Waals surface area contributed by atoms with Crippen molar-refractivity contribution in [3.63, 3.8) is 0 Å². The van der Waals surface area contributed by atoms with Crippen LogP contribution in [0.3, 0.4) is 0 Å². The Labute approximate surface area is 100.0 Å². The second-order valence-electron chi connectivity index (χ2n) is 4.66. The minimum Gasteiger partial charge on any atom is -0.463 e. The SMILES string of the molecule is C=CCC1(CC=C)OC2=C3CC(NC3=O)C2O1. The maximum atomic E-state index is 11.6. The zero-order valence-electron chi connectivity index (χ0n) is 9.57. The molecule has 2 saturated heterocycles. The van der Waals surface area contributed by atoms with Crippen LogP contribution in [-0.4, -0.2) is 23.8 Å². The molecule has 4 heteroatoms. The number of amides is 1. The van der Waals surface area contributed by atoms with Crippen LogP contribution in [0.15, 0.2) is 36.6 Å². The van der Waals surface area contributed by atoms with Crippen LogP contribution in [0.5, 0.6) is 0 Å². The fourth-order valence-electron chi connectivity index (χ4n) is 2.78. The number of rotatable bonds is 4. The molecule has 2 heterocycles. The average Bonchev–Trinajstić information content (AvgIpc) is 2.88. The molecule has 0 radical (unpaired) electrons. The number of carbonyl (C=O) groups is 1. The number of fused-ring (bicyclic) bond motifs is 4. The van der Waals surface area contributed by atoms with Gasteiger partial charge in [-0.15, -0.1) is 13.2 Å². The van der Waals surface area contributed by atoms with Gasteiger partial charge in [0.25, 0.3) is 5.91 Å². The normalized spacial score (nSPS) is 32.1. The van der Waals surface area contributed by atoms with Crippen molar-refractivity contribution in [2.75, 3.05) is 0 Å². The van der Waals surface area contributed by atoms with Gasteiger partial charge in [0.15, 0.2) is 0 Å². The predicted molar refractivity (Wildman–Crippen MR) is 61.9 cm³/mol. The van der Waals surface area contributed by atoms with Crippen LogP contribution in [0, 0.1) is 0 Å². The Morgan fingerprint density at radius 1 is 1.41 bits per heavy atom. The minimum atomic E-state index is -0.709. The van der Waals surface area contributed by atoms with Crippen LogP contribution in [0.1, 0.15) is 19.3 Å². The number of hydrogen-bond acceptors (Lipinski definition) is 3. The van der Waals surface area contributed by atoms with Crippen LogP contribution in [0.4, 0.5) is 0 Å². The number of carbonyl (C=O) groups excluding carboxylic acids is 1. The van der Waals surface area contributed by atoms with E-state index in [2.05, 4.69) is 18.5 Å². The van der Waals surface area contributed by atoms with Gasteiger partial charge in [0.2, 0.25) is 5.79 Å². The molecule has 1 amide bonds. The van der Waals surface area contributed by atoms with E-state index < -0.39 is 5.79 Å². The fraction of sp³-hybridized carbons (Fsp3) is 0.462. The van der Waals surface area contributed by atoms with Crippen molar-refractivity contribution in [1.29, 1.82) is 0 Å². The van der Waals surface area contributed by atoms with Gasteiger partial charge in [-0.3, -0.25) is 4.79 Å². The molecule has 0 spiro atoms. The lowest BCUT2D eigenvalue weighted by Gasteiger charge is -2.26. The van der Waals surface area contributed by atoms with Gasteiger partial charge in [-0.2, -0.15) is 0 Å². The van der Waals surface area contributed by atoms with E-state index in [-0.39, 0.29) is 18.1 Å². The first-order valence-electron chi connectivity index (χ1n) is 5.81. The maximum absolute atomic E-state index is 11.6. The summed E-state index contributed by atoms with van der Waals surface area (Å²) in [5.74, 6) is 0.00000567. The lowest BCUT2D eigenvalue weighted by atomic mass is 10.1. The molecular weight excluding hydrogens is 218 g/mol. The van der Waals surface area contributed by atoms with E-state index in [0.717, 1.165) is 17.8 Å². The molecule has 4 nitrogen and oxygen atoms in total. The quantitative estimate of drug-likeness (QED) is 0.747. The van der Waals surface area contributed by atoms with E-state index in [9.17, 15) is 4.79 Å². The van der Waals surface area contributed by atoms with Gasteiger partial charge in [0, 0.05) is 19.3 Å². The predicted octanol–water partition coefficient (Wildman–Crippen LogP) is 1.41. The molecular formula is C13H15NO3. The van der Waals surface area contributed by atoms with Crippen molar-refractivity contribution in [2.45, 2.75) is 37.2 Å². The van der Waals surface area contributed by atoms with E-state index in [4.69, 9.17) is 9.47 Å². The molecule has 1 aliphatic carbocycles. The molecule has 3 aliphatic rings. The molecule has 2 fully saturated rings. The van der Waals surface area contributed by atoms with Crippen LogP contribution in [0.2, 0.25) is 0 Å². The van der Waals surface area contributed by atoms with E-state index in [0.29, 0.717) is 12.8 Å². The Morgan fingerprint density at radius 2 is 2.12 bits per heavy atom. The summed E-state index contributed by atoms with van der Waals surface area (Å²) < 4.78 is 11.9. The molecule has 17 heavy (non-hydrogen) atoms. The molecule has 1 N–H and O–H groups in total. The molecule has 0 aromatic carbocycles. The van der Waals surface area contributed by atoms with Gasteiger partial charge >= 0.3 is 0 Å². The van der Waals surface area contributed by atoms with Crippen molar-refractivity contribution in [2.24, 2.45) is 0 Å². The number of ether oxygens (including phenoxy) is 2. The van der Waals surface area contributed by atoms with E-state index in [1.54, 1.807) is 12.2 Å². The average molecular weight is 233 g/mol. The Morgan fingerprint density at radius 3 is 2.76 bits per heavy atom. The molecule has 0 aromatic rings. The van der Waals surface area contributed by atoms with Gasteiger partial charge < -0.3 is 14.8 Å². The summed E-state index contributed by atoms with van der Waals surface area (Å²) in [6.07, 6.45) is 5.32. The van der Waals surface area contributed by atoms with Crippen molar-refractivity contribution in [3.8, 4) is 0 Å². The summed E-state index contributed by atoms with van der Waals surface area (Å²) in [5, 5.41) is 2.89. The highest BCUT2D eigenvalue weighted by atomic mass is 16.7. The van der Waals surface area contributed by atoms with Gasteiger partial charge in [-0.1, -0.05) is 12.2 Å². The Bertz CT molecular complexity index is 428. The largest absolute Gasteiger partial charge is 0.463 e. The third-order valence-electron chi connectivity index (χ3n) is 3.48. The highest BCUT2D eigenvalue weighted by Crippen LogP contribution is 2.47. The van der Waals surface area contributed by atoms with Crippen molar-refractivity contribution >= 4 is 5.91 Å². The molecule has 2 atom stereocenters. The third-order valence-corrected chi connectivity index (χ3v) is 3.48. The van der Waals surface area contributed by atoms with Crippen LogP contribution < -0.4 is 5.32 Å². The summed E-state index contributed by atoms with van der Waals surface area (Å²) in [7, 11) is 0. The van der Waals surface area contributed by atoms with Crippen molar-refractivity contribution in [3.05, 3.63) is 36.6 Å². The lowest BCUT2D eigenvalue weighted by molar-refractivity contribution is -0.161. The van der Waals surface area contributed by atoms with Gasteiger partial charge in [0.05, 0.1) is 11.6 Å². The monoisotopic (exact) mass is 233 g/mol. The first kappa shape index (κ1) is 10.6. The number of nitrogens with one attached hydrogen (secondary N) is 1. The highest BCUT2D eigenvalue weighted by molar-refractivity contribution is 5.98. The van der Waals surface area contributed by atoms with Crippen LogP contribution >= 0.6 is 0 Å².